The van der Waals surface area contributed by atoms with Crippen LogP contribution in [0.3, 0.4) is 0 Å². The fourth-order valence-electron chi connectivity index (χ4n) is 3.81. The highest BCUT2D eigenvalue weighted by molar-refractivity contribution is 6.04. The minimum atomic E-state index is -0.425. The lowest BCUT2D eigenvalue weighted by molar-refractivity contribution is -0.145. The number of amides is 2. The Hall–Kier alpha value is -4.74. The van der Waals surface area contributed by atoms with Crippen LogP contribution in [0.5, 0.6) is 0 Å². The maximum absolute atomic E-state index is 13.0. The van der Waals surface area contributed by atoms with Crippen molar-refractivity contribution in [2.24, 2.45) is 5.41 Å². The molecule has 4 aromatic rings. The Labute approximate surface area is 212 Å². The molecule has 1 aliphatic rings. The Kier molecular flexibility index (Phi) is 7.18. The van der Waals surface area contributed by atoms with E-state index in [0.29, 0.717) is 35.9 Å². The molecule has 5 rings (SSSR count). The van der Waals surface area contributed by atoms with Crippen molar-refractivity contribution in [1.82, 2.24) is 29.9 Å². The van der Waals surface area contributed by atoms with Gasteiger partial charge in [0.2, 0.25) is 5.91 Å². The van der Waals surface area contributed by atoms with Gasteiger partial charge in [-0.25, -0.2) is 0 Å². The SMILES string of the molecule is CC(C)(C)C(=O)N1CC(n2cc(NC(=O)c3ccc(-c4cn[nH]c4)o3)c(-c3ccccn3)n2)C1.O=CO. The number of likely N-dealkylation sites (tertiary alicyclic amines) is 1. The molecular weight excluding hydrogens is 478 g/mol. The molecule has 37 heavy (non-hydrogen) atoms. The van der Waals surface area contributed by atoms with E-state index in [1.54, 1.807) is 41.6 Å². The number of carboxylic acid groups (broad SMARTS) is 1. The maximum atomic E-state index is 13.0. The van der Waals surface area contributed by atoms with Gasteiger partial charge in [0.1, 0.15) is 11.5 Å². The van der Waals surface area contributed by atoms with E-state index in [-0.39, 0.29) is 24.2 Å². The Morgan fingerprint density at radius 2 is 1.97 bits per heavy atom. The van der Waals surface area contributed by atoms with Crippen molar-refractivity contribution in [1.29, 1.82) is 0 Å². The molecule has 0 bridgehead atoms. The zero-order valence-electron chi connectivity index (χ0n) is 20.6. The molecule has 3 N–H and O–H groups in total. The number of carbonyl (C=O) groups is 3. The van der Waals surface area contributed by atoms with Crippen LogP contribution in [0.2, 0.25) is 0 Å². The van der Waals surface area contributed by atoms with Crippen LogP contribution in [0, 0.1) is 5.41 Å². The first-order valence-corrected chi connectivity index (χ1v) is 11.5. The van der Waals surface area contributed by atoms with Crippen molar-refractivity contribution >= 4 is 24.0 Å². The van der Waals surface area contributed by atoms with Crippen molar-refractivity contribution in [2.75, 3.05) is 18.4 Å². The smallest absolute Gasteiger partial charge is 0.291 e. The lowest BCUT2D eigenvalue weighted by Crippen LogP contribution is -2.54. The second-order valence-electron chi connectivity index (χ2n) is 9.41. The van der Waals surface area contributed by atoms with Gasteiger partial charge in [0.25, 0.3) is 12.4 Å². The average Bonchev–Trinajstić information content (AvgIpc) is 3.59. The van der Waals surface area contributed by atoms with Gasteiger partial charge in [0.15, 0.2) is 5.76 Å². The molecule has 12 nitrogen and oxygen atoms in total. The van der Waals surface area contributed by atoms with Gasteiger partial charge in [0.05, 0.1) is 29.2 Å². The third kappa shape index (κ3) is 5.58. The molecule has 12 heteroatoms. The standard InChI is InChI=1S/C24H25N7O3.CH2O2/c1-24(2,3)23(33)30-12-16(13-30)31-14-18(21(29-31)17-6-4-5-9-25-17)28-22(32)20-8-7-19(34-20)15-10-26-27-11-15;2-1-3/h4-11,14,16H,12-13H2,1-3H3,(H,26,27)(H,28,32);1H,(H,2,3). The molecule has 0 spiro atoms. The molecular formula is C25H27N7O5. The Bertz CT molecular complexity index is 1360. The number of pyridine rings is 1. The van der Waals surface area contributed by atoms with E-state index in [9.17, 15) is 9.59 Å². The fraction of sp³-hybridized carbons (Fsp3) is 0.280. The van der Waals surface area contributed by atoms with Crippen LogP contribution in [-0.2, 0) is 9.59 Å². The number of hydrogen-bond donors (Lipinski definition) is 3. The van der Waals surface area contributed by atoms with E-state index < -0.39 is 11.3 Å². The zero-order valence-corrected chi connectivity index (χ0v) is 20.6. The van der Waals surface area contributed by atoms with Crippen molar-refractivity contribution in [2.45, 2.75) is 26.8 Å². The normalized spacial score (nSPS) is 13.3. The number of aromatic amines is 1. The Morgan fingerprint density at radius 1 is 1.22 bits per heavy atom. The minimum absolute atomic E-state index is 0.0238. The lowest BCUT2D eigenvalue weighted by atomic mass is 9.92. The average molecular weight is 506 g/mol. The zero-order chi connectivity index (χ0) is 26.6. The van der Waals surface area contributed by atoms with Crippen LogP contribution < -0.4 is 5.32 Å². The van der Waals surface area contributed by atoms with Crippen molar-refractivity contribution in [3.05, 3.63) is 60.9 Å². The number of rotatable bonds is 5. The highest BCUT2D eigenvalue weighted by Gasteiger charge is 2.38. The van der Waals surface area contributed by atoms with Gasteiger partial charge in [0, 0.05) is 37.1 Å². The first-order chi connectivity index (χ1) is 17.7. The monoisotopic (exact) mass is 505 g/mol. The van der Waals surface area contributed by atoms with Crippen molar-refractivity contribution in [3.63, 3.8) is 0 Å². The number of carbonyl (C=O) groups excluding carboxylic acids is 2. The van der Waals surface area contributed by atoms with Crippen molar-refractivity contribution in [3.8, 4) is 22.7 Å². The molecule has 0 aliphatic carbocycles. The molecule has 192 valence electrons. The van der Waals surface area contributed by atoms with Crippen LogP contribution in [0.15, 0.2) is 59.5 Å². The van der Waals surface area contributed by atoms with E-state index in [1.165, 1.54) is 0 Å². The highest BCUT2D eigenvalue weighted by Crippen LogP contribution is 2.32. The Morgan fingerprint density at radius 3 is 2.59 bits per heavy atom. The molecule has 0 radical (unpaired) electrons. The molecule has 1 saturated heterocycles. The first-order valence-electron chi connectivity index (χ1n) is 11.5. The number of anilines is 1. The minimum Gasteiger partial charge on any atom is -0.483 e. The van der Waals surface area contributed by atoms with E-state index in [4.69, 9.17) is 19.4 Å². The number of hydrogen-bond acceptors (Lipinski definition) is 7. The second-order valence-corrected chi connectivity index (χ2v) is 9.41. The summed E-state index contributed by atoms with van der Waals surface area (Å²) in [5, 5.41) is 21.1. The summed E-state index contributed by atoms with van der Waals surface area (Å²) in [5.41, 5.74) is 2.03. The van der Waals surface area contributed by atoms with Gasteiger partial charge in [-0.15, -0.1) is 0 Å². The number of aromatic nitrogens is 5. The summed E-state index contributed by atoms with van der Waals surface area (Å²) in [7, 11) is 0. The van der Waals surface area contributed by atoms with E-state index >= 15 is 0 Å². The van der Waals surface area contributed by atoms with Crippen LogP contribution in [0.1, 0.15) is 37.4 Å². The molecule has 0 atom stereocenters. The molecule has 5 heterocycles. The summed E-state index contributed by atoms with van der Waals surface area (Å²) < 4.78 is 7.50. The molecule has 1 aliphatic heterocycles. The lowest BCUT2D eigenvalue weighted by Gasteiger charge is -2.42. The van der Waals surface area contributed by atoms with Gasteiger partial charge in [-0.2, -0.15) is 10.2 Å². The molecule has 0 saturated carbocycles. The summed E-state index contributed by atoms with van der Waals surface area (Å²) in [5.74, 6) is 0.421. The van der Waals surface area contributed by atoms with Crippen LogP contribution in [0.4, 0.5) is 5.69 Å². The third-order valence-corrected chi connectivity index (χ3v) is 5.67. The van der Waals surface area contributed by atoms with Crippen LogP contribution in [-0.4, -0.2) is 66.3 Å². The van der Waals surface area contributed by atoms with Gasteiger partial charge in [-0.1, -0.05) is 26.8 Å². The number of furan rings is 1. The van der Waals surface area contributed by atoms with Gasteiger partial charge in [-0.3, -0.25) is 29.1 Å². The van der Waals surface area contributed by atoms with Gasteiger partial charge >= 0.3 is 0 Å². The maximum Gasteiger partial charge on any atom is 0.291 e. The Balaban J connectivity index is 0.00000102. The summed E-state index contributed by atoms with van der Waals surface area (Å²) >= 11 is 0. The predicted molar refractivity (Wildman–Crippen MR) is 133 cm³/mol. The molecule has 0 unspecified atom stereocenters. The largest absolute Gasteiger partial charge is 0.483 e. The number of nitrogens with one attached hydrogen (secondary N) is 2. The number of H-pyrrole nitrogens is 1. The number of nitrogens with zero attached hydrogens (tertiary/aromatic N) is 5. The van der Waals surface area contributed by atoms with Gasteiger partial charge < -0.3 is 19.7 Å². The summed E-state index contributed by atoms with van der Waals surface area (Å²) in [6.45, 7) is 6.63. The van der Waals surface area contributed by atoms with E-state index in [1.807, 2.05) is 43.9 Å². The van der Waals surface area contributed by atoms with E-state index in [0.717, 1.165) is 5.56 Å². The fourth-order valence-corrected chi connectivity index (χ4v) is 3.81. The van der Waals surface area contributed by atoms with Crippen LogP contribution in [0.25, 0.3) is 22.7 Å². The van der Waals surface area contributed by atoms with E-state index in [2.05, 4.69) is 20.5 Å². The highest BCUT2D eigenvalue weighted by atomic mass is 16.4. The molecule has 4 aromatic heterocycles. The third-order valence-electron chi connectivity index (χ3n) is 5.67. The summed E-state index contributed by atoms with van der Waals surface area (Å²) in [6, 6.07) is 8.88. The summed E-state index contributed by atoms with van der Waals surface area (Å²) in [4.78, 5) is 40.1. The summed E-state index contributed by atoms with van der Waals surface area (Å²) in [6.07, 6.45) is 6.77. The quantitative estimate of drug-likeness (QED) is 0.348. The molecule has 2 amide bonds. The molecule has 1 fully saturated rings. The second kappa shape index (κ2) is 10.5. The van der Waals surface area contributed by atoms with Crippen molar-refractivity contribution < 1.29 is 23.9 Å². The molecule has 0 aromatic carbocycles. The predicted octanol–water partition coefficient (Wildman–Crippen LogP) is 3.31. The first kappa shape index (κ1) is 25.4. The van der Waals surface area contributed by atoms with Crippen LogP contribution >= 0.6 is 0 Å². The van der Waals surface area contributed by atoms with Gasteiger partial charge in [-0.05, 0) is 24.3 Å². The topological polar surface area (TPSA) is 159 Å².